The molecular formula is C11H9F3O4. The van der Waals surface area contributed by atoms with E-state index in [9.17, 15) is 22.8 Å². The van der Waals surface area contributed by atoms with Crippen molar-refractivity contribution in [3.63, 3.8) is 0 Å². The number of carbonyl (C=O) groups excluding carboxylic acids is 1. The highest BCUT2D eigenvalue weighted by molar-refractivity contribution is 5.98. The van der Waals surface area contributed by atoms with Gasteiger partial charge < -0.3 is 10.2 Å². The van der Waals surface area contributed by atoms with Crippen LogP contribution >= 0.6 is 0 Å². The van der Waals surface area contributed by atoms with Gasteiger partial charge in [0.1, 0.15) is 0 Å². The molecule has 0 spiro atoms. The molecule has 1 rings (SSSR count). The lowest BCUT2D eigenvalue weighted by molar-refractivity contribution is -0.146. The summed E-state index contributed by atoms with van der Waals surface area (Å²) in [7, 11) is 0. The van der Waals surface area contributed by atoms with Crippen LogP contribution in [0.3, 0.4) is 0 Å². The van der Waals surface area contributed by atoms with Crippen LogP contribution in [0.4, 0.5) is 13.2 Å². The van der Waals surface area contributed by atoms with E-state index in [4.69, 9.17) is 10.2 Å². The molecule has 98 valence electrons. The molecule has 4 nitrogen and oxygen atoms in total. The second-order valence-corrected chi connectivity index (χ2v) is 3.56. The first-order valence-electron chi connectivity index (χ1n) is 4.83. The molecular weight excluding hydrogens is 253 g/mol. The first kappa shape index (κ1) is 14.2. The third-order valence-corrected chi connectivity index (χ3v) is 2.18. The first-order chi connectivity index (χ1) is 8.21. The Labute approximate surface area is 99.7 Å². The van der Waals surface area contributed by atoms with E-state index in [0.717, 1.165) is 18.2 Å². The normalized spacial score (nSPS) is 13.1. The number of ketones is 1. The van der Waals surface area contributed by atoms with E-state index in [2.05, 4.69) is 0 Å². The second-order valence-electron chi connectivity index (χ2n) is 3.56. The summed E-state index contributed by atoms with van der Waals surface area (Å²) < 4.78 is 37.1. The number of aliphatic carboxylic acids is 1. The molecule has 1 aromatic carbocycles. The van der Waals surface area contributed by atoms with Crippen molar-refractivity contribution < 1.29 is 33.0 Å². The monoisotopic (exact) mass is 262 g/mol. The Morgan fingerprint density at radius 1 is 1.28 bits per heavy atom. The van der Waals surface area contributed by atoms with Crippen LogP contribution in [0.2, 0.25) is 0 Å². The molecule has 0 aliphatic rings. The number of carboxylic acid groups (broad SMARTS) is 1. The maximum absolute atomic E-state index is 12.4. The molecule has 0 aromatic heterocycles. The number of benzene rings is 1. The van der Waals surface area contributed by atoms with E-state index < -0.39 is 36.0 Å². The van der Waals surface area contributed by atoms with Crippen LogP contribution in [0.15, 0.2) is 24.3 Å². The van der Waals surface area contributed by atoms with Gasteiger partial charge in [0.05, 0.1) is 5.56 Å². The van der Waals surface area contributed by atoms with Crippen molar-refractivity contribution >= 4 is 11.8 Å². The molecule has 18 heavy (non-hydrogen) atoms. The maximum Gasteiger partial charge on any atom is 0.416 e. The minimum Gasteiger partial charge on any atom is -0.479 e. The third-order valence-electron chi connectivity index (χ3n) is 2.18. The van der Waals surface area contributed by atoms with Crippen LogP contribution in [0.1, 0.15) is 22.3 Å². The van der Waals surface area contributed by atoms with Crippen molar-refractivity contribution in [1.82, 2.24) is 0 Å². The van der Waals surface area contributed by atoms with Crippen LogP contribution in [-0.4, -0.2) is 28.1 Å². The molecule has 0 radical (unpaired) electrons. The zero-order chi connectivity index (χ0) is 13.9. The SMILES string of the molecule is O=C(CC(O)C(=O)O)c1cccc(C(F)(F)F)c1. The fourth-order valence-corrected chi connectivity index (χ4v) is 1.25. The van der Waals surface area contributed by atoms with Gasteiger partial charge in [0.15, 0.2) is 11.9 Å². The third kappa shape index (κ3) is 3.56. The van der Waals surface area contributed by atoms with Crippen LogP contribution < -0.4 is 0 Å². The minimum absolute atomic E-state index is 0.287. The topological polar surface area (TPSA) is 74.6 Å². The Bertz CT molecular complexity index is 468. The first-order valence-corrected chi connectivity index (χ1v) is 4.83. The van der Waals surface area contributed by atoms with Crippen molar-refractivity contribution in [2.75, 3.05) is 0 Å². The van der Waals surface area contributed by atoms with Crippen LogP contribution in [0, 0.1) is 0 Å². The van der Waals surface area contributed by atoms with Gasteiger partial charge in [-0.25, -0.2) is 4.79 Å². The van der Waals surface area contributed by atoms with Gasteiger partial charge in [0.25, 0.3) is 0 Å². The Balaban J connectivity index is 2.91. The van der Waals surface area contributed by atoms with Gasteiger partial charge in [-0.05, 0) is 12.1 Å². The molecule has 0 aliphatic heterocycles. The van der Waals surface area contributed by atoms with Crippen molar-refractivity contribution in [1.29, 1.82) is 0 Å². The summed E-state index contributed by atoms with van der Waals surface area (Å²) in [5.41, 5.74) is -1.29. The van der Waals surface area contributed by atoms with Gasteiger partial charge in [-0.3, -0.25) is 4.79 Å². The summed E-state index contributed by atoms with van der Waals surface area (Å²) in [6.07, 6.45) is -7.27. The number of Topliss-reactive ketones (excluding diaryl/α,β-unsaturated/α-hetero) is 1. The van der Waals surface area contributed by atoms with Gasteiger partial charge in [-0.2, -0.15) is 13.2 Å². The quantitative estimate of drug-likeness (QED) is 0.810. The molecule has 0 saturated carbocycles. The van der Waals surface area contributed by atoms with E-state index in [0.29, 0.717) is 6.07 Å². The number of rotatable bonds is 4. The van der Waals surface area contributed by atoms with E-state index in [1.54, 1.807) is 0 Å². The van der Waals surface area contributed by atoms with E-state index in [1.165, 1.54) is 0 Å². The number of aliphatic hydroxyl groups excluding tert-OH is 1. The minimum atomic E-state index is -4.58. The van der Waals surface area contributed by atoms with Crippen molar-refractivity contribution in [3.8, 4) is 0 Å². The zero-order valence-corrected chi connectivity index (χ0v) is 8.94. The molecule has 1 aromatic rings. The highest BCUT2D eigenvalue weighted by Crippen LogP contribution is 2.29. The van der Waals surface area contributed by atoms with E-state index in [1.807, 2.05) is 0 Å². The number of carbonyl (C=O) groups is 2. The molecule has 0 amide bonds. The number of carboxylic acids is 1. The summed E-state index contributed by atoms with van der Waals surface area (Å²) in [5, 5.41) is 17.3. The number of alkyl halides is 3. The fourth-order valence-electron chi connectivity index (χ4n) is 1.25. The van der Waals surface area contributed by atoms with Crippen LogP contribution in [0.5, 0.6) is 0 Å². The Hall–Kier alpha value is -1.89. The summed E-state index contributed by atoms with van der Waals surface area (Å²) in [4.78, 5) is 21.8. The molecule has 0 saturated heterocycles. The molecule has 2 N–H and O–H groups in total. The van der Waals surface area contributed by atoms with Gasteiger partial charge in [-0.15, -0.1) is 0 Å². The summed E-state index contributed by atoms with van der Waals surface area (Å²) in [6.45, 7) is 0. The summed E-state index contributed by atoms with van der Waals surface area (Å²) in [5.74, 6) is -2.47. The Morgan fingerprint density at radius 2 is 1.89 bits per heavy atom. The van der Waals surface area contributed by atoms with Crippen molar-refractivity contribution in [3.05, 3.63) is 35.4 Å². The van der Waals surface area contributed by atoms with Crippen molar-refractivity contribution in [2.24, 2.45) is 0 Å². The summed E-state index contributed by atoms with van der Waals surface area (Å²) >= 11 is 0. The second kappa shape index (κ2) is 5.18. The fraction of sp³-hybridized carbons (Fsp3) is 0.273. The van der Waals surface area contributed by atoms with E-state index >= 15 is 0 Å². The molecule has 0 bridgehead atoms. The molecule has 1 atom stereocenters. The van der Waals surface area contributed by atoms with E-state index in [-0.39, 0.29) is 5.56 Å². The maximum atomic E-state index is 12.4. The largest absolute Gasteiger partial charge is 0.479 e. The number of halogens is 3. The van der Waals surface area contributed by atoms with Gasteiger partial charge in [0.2, 0.25) is 0 Å². The molecule has 1 unspecified atom stereocenters. The lowest BCUT2D eigenvalue weighted by Gasteiger charge is -2.09. The predicted molar refractivity (Wildman–Crippen MR) is 54.0 cm³/mol. The zero-order valence-electron chi connectivity index (χ0n) is 8.94. The van der Waals surface area contributed by atoms with Gasteiger partial charge >= 0.3 is 12.1 Å². The smallest absolute Gasteiger partial charge is 0.416 e. The lowest BCUT2D eigenvalue weighted by atomic mass is 10.0. The standard InChI is InChI=1S/C11H9F3O4/c12-11(13,14)7-3-1-2-6(4-7)8(15)5-9(16)10(17)18/h1-4,9,16H,5H2,(H,17,18). The number of hydrogen-bond donors (Lipinski definition) is 2. The van der Waals surface area contributed by atoms with Crippen LogP contribution in [0.25, 0.3) is 0 Å². The van der Waals surface area contributed by atoms with Crippen LogP contribution in [-0.2, 0) is 11.0 Å². The van der Waals surface area contributed by atoms with Gasteiger partial charge in [0, 0.05) is 12.0 Å². The molecule has 0 fully saturated rings. The molecule has 7 heteroatoms. The predicted octanol–water partition coefficient (Wildman–Crippen LogP) is 1.72. The number of aliphatic hydroxyl groups is 1. The lowest BCUT2D eigenvalue weighted by Crippen LogP contribution is -2.23. The highest BCUT2D eigenvalue weighted by Gasteiger charge is 2.31. The average Bonchev–Trinajstić information content (AvgIpc) is 2.27. The van der Waals surface area contributed by atoms with Crippen molar-refractivity contribution in [2.45, 2.75) is 18.7 Å². The molecule has 0 heterocycles. The molecule has 0 aliphatic carbocycles. The highest BCUT2D eigenvalue weighted by atomic mass is 19.4. The Morgan fingerprint density at radius 3 is 2.39 bits per heavy atom. The number of hydrogen-bond acceptors (Lipinski definition) is 3. The van der Waals surface area contributed by atoms with Gasteiger partial charge in [-0.1, -0.05) is 12.1 Å². The average molecular weight is 262 g/mol. The Kier molecular flexibility index (Phi) is 4.07. The summed E-state index contributed by atoms with van der Waals surface area (Å²) in [6, 6.07) is 3.59.